The fraction of sp³-hybridized carbons (Fsp3) is 0.333. The lowest BCUT2D eigenvalue weighted by molar-refractivity contribution is -0.139. The molecular weight excluding hydrogens is 211 g/mol. The molecule has 1 aromatic rings. The van der Waals surface area contributed by atoms with Crippen LogP contribution in [0.4, 0.5) is 18.9 Å². The zero-order valence-corrected chi connectivity index (χ0v) is 8.18. The molecule has 0 saturated carbocycles. The first kappa shape index (κ1) is 11.5. The Labute approximate surface area is 84.6 Å². The molecule has 2 N–H and O–H groups in total. The first-order valence-corrected chi connectivity index (χ1v) is 3.99. The molecule has 0 aromatic heterocycles. The lowest BCUT2D eigenvalue weighted by atomic mass is 10.1. The molecule has 3 nitrogen and oxygen atoms in total. The van der Waals surface area contributed by atoms with Gasteiger partial charge in [-0.05, 0) is 12.1 Å². The summed E-state index contributed by atoms with van der Waals surface area (Å²) in [5, 5.41) is 0. The van der Waals surface area contributed by atoms with Gasteiger partial charge in [0.1, 0.15) is 11.3 Å². The van der Waals surface area contributed by atoms with Crippen molar-refractivity contribution in [1.29, 1.82) is 0 Å². The number of ether oxygens (including phenoxy) is 2. The summed E-state index contributed by atoms with van der Waals surface area (Å²) in [5.41, 5.74) is 4.30. The average Bonchev–Trinajstić information content (AvgIpc) is 2.15. The minimum atomic E-state index is -4.56. The van der Waals surface area contributed by atoms with Gasteiger partial charge in [-0.15, -0.1) is 0 Å². The van der Waals surface area contributed by atoms with Crippen LogP contribution < -0.4 is 15.2 Å². The lowest BCUT2D eigenvalue weighted by Gasteiger charge is -2.16. The zero-order chi connectivity index (χ0) is 11.6. The lowest BCUT2D eigenvalue weighted by Crippen LogP contribution is -2.11. The van der Waals surface area contributed by atoms with Gasteiger partial charge >= 0.3 is 6.18 Å². The van der Waals surface area contributed by atoms with E-state index in [1.54, 1.807) is 0 Å². The molecule has 6 heteroatoms. The van der Waals surface area contributed by atoms with Gasteiger partial charge in [0.25, 0.3) is 0 Å². The number of benzene rings is 1. The molecule has 0 atom stereocenters. The van der Waals surface area contributed by atoms with Gasteiger partial charge in [0.2, 0.25) is 0 Å². The normalized spacial score (nSPS) is 11.3. The van der Waals surface area contributed by atoms with Crippen molar-refractivity contribution in [3.63, 3.8) is 0 Å². The Morgan fingerprint density at radius 1 is 1.13 bits per heavy atom. The summed E-state index contributed by atoms with van der Waals surface area (Å²) in [7, 11) is 2.28. The van der Waals surface area contributed by atoms with Gasteiger partial charge in [0, 0.05) is 0 Å². The number of halogens is 3. The molecule has 0 aliphatic rings. The van der Waals surface area contributed by atoms with Crippen LogP contribution in [0.2, 0.25) is 0 Å². The summed E-state index contributed by atoms with van der Waals surface area (Å²) in [6, 6.07) is 2.45. The number of hydrogen-bond donors (Lipinski definition) is 1. The molecular formula is C9H10F3NO2. The van der Waals surface area contributed by atoms with E-state index >= 15 is 0 Å². The van der Waals surface area contributed by atoms with Gasteiger partial charge in [-0.25, -0.2) is 0 Å². The largest absolute Gasteiger partial charge is 0.496 e. The molecule has 0 aliphatic carbocycles. The highest BCUT2D eigenvalue weighted by molar-refractivity contribution is 5.62. The van der Waals surface area contributed by atoms with E-state index in [4.69, 9.17) is 5.73 Å². The number of rotatable bonds is 2. The molecule has 0 fully saturated rings. The van der Waals surface area contributed by atoms with Crippen molar-refractivity contribution in [2.24, 2.45) is 0 Å². The molecule has 0 heterocycles. The van der Waals surface area contributed by atoms with Crippen LogP contribution in [0.1, 0.15) is 5.56 Å². The van der Waals surface area contributed by atoms with Crippen molar-refractivity contribution in [2.75, 3.05) is 20.0 Å². The number of anilines is 1. The summed E-state index contributed by atoms with van der Waals surface area (Å²) in [6.45, 7) is 0. The molecule has 0 saturated heterocycles. The molecule has 0 radical (unpaired) electrons. The highest BCUT2D eigenvalue weighted by atomic mass is 19.4. The van der Waals surface area contributed by atoms with Crippen LogP contribution in [0.25, 0.3) is 0 Å². The van der Waals surface area contributed by atoms with Gasteiger partial charge in [-0.1, -0.05) is 0 Å². The van der Waals surface area contributed by atoms with Crippen LogP contribution in [0.3, 0.4) is 0 Å². The van der Waals surface area contributed by atoms with E-state index in [2.05, 4.69) is 9.47 Å². The average molecular weight is 221 g/mol. The maximum atomic E-state index is 12.6. The second-order valence-corrected chi connectivity index (χ2v) is 2.76. The third-order valence-electron chi connectivity index (χ3n) is 1.86. The fourth-order valence-electron chi connectivity index (χ4n) is 1.24. The molecule has 0 bridgehead atoms. The minimum absolute atomic E-state index is 0.0781. The summed E-state index contributed by atoms with van der Waals surface area (Å²) in [6.07, 6.45) is -4.56. The summed E-state index contributed by atoms with van der Waals surface area (Å²) >= 11 is 0. The van der Waals surface area contributed by atoms with Gasteiger partial charge in [-0.2, -0.15) is 13.2 Å². The summed E-state index contributed by atoms with van der Waals surface area (Å²) in [4.78, 5) is 0. The SMILES string of the molecule is COc1ccc(N)c(OC)c1C(F)(F)F. The maximum Gasteiger partial charge on any atom is 0.423 e. The van der Waals surface area contributed by atoms with Crippen molar-refractivity contribution in [3.8, 4) is 11.5 Å². The standard InChI is InChI=1S/C9H10F3NO2/c1-14-6-4-3-5(13)8(15-2)7(6)9(10,11)12/h3-4H,13H2,1-2H3. The van der Waals surface area contributed by atoms with E-state index in [1.165, 1.54) is 6.07 Å². The van der Waals surface area contributed by atoms with Crippen molar-refractivity contribution in [2.45, 2.75) is 6.18 Å². The highest BCUT2D eigenvalue weighted by Crippen LogP contribution is 2.44. The van der Waals surface area contributed by atoms with Crippen LogP contribution in [-0.4, -0.2) is 14.2 Å². The molecule has 1 rings (SSSR count). The topological polar surface area (TPSA) is 44.5 Å². The molecule has 0 aliphatic heterocycles. The minimum Gasteiger partial charge on any atom is -0.496 e. The summed E-state index contributed by atoms with van der Waals surface area (Å²) < 4.78 is 47.2. The zero-order valence-electron chi connectivity index (χ0n) is 8.18. The number of nitrogens with two attached hydrogens (primary N) is 1. The number of methoxy groups -OCH3 is 2. The van der Waals surface area contributed by atoms with E-state index < -0.39 is 17.5 Å². The third-order valence-corrected chi connectivity index (χ3v) is 1.86. The Morgan fingerprint density at radius 2 is 1.73 bits per heavy atom. The Morgan fingerprint density at radius 3 is 2.13 bits per heavy atom. The van der Waals surface area contributed by atoms with Gasteiger partial charge in [0.15, 0.2) is 5.75 Å². The van der Waals surface area contributed by atoms with Gasteiger partial charge in [-0.3, -0.25) is 0 Å². The molecule has 1 aromatic carbocycles. The summed E-state index contributed by atoms with van der Waals surface area (Å²) in [5.74, 6) is -0.726. The molecule has 15 heavy (non-hydrogen) atoms. The monoisotopic (exact) mass is 221 g/mol. The number of alkyl halides is 3. The quantitative estimate of drug-likeness (QED) is 0.779. The molecule has 84 valence electrons. The Balaban J connectivity index is 3.48. The van der Waals surface area contributed by atoms with Gasteiger partial charge < -0.3 is 15.2 Å². The maximum absolute atomic E-state index is 12.6. The molecule has 0 unspecified atom stereocenters. The Kier molecular flexibility index (Phi) is 2.97. The Hall–Kier alpha value is -1.59. The van der Waals surface area contributed by atoms with Crippen molar-refractivity contribution < 1.29 is 22.6 Å². The van der Waals surface area contributed by atoms with Crippen LogP contribution in [0, 0.1) is 0 Å². The van der Waals surface area contributed by atoms with Crippen LogP contribution in [-0.2, 0) is 6.18 Å². The first-order chi connectivity index (χ1) is 6.91. The molecule has 0 spiro atoms. The number of nitrogen functional groups attached to an aromatic ring is 1. The first-order valence-electron chi connectivity index (χ1n) is 3.99. The third kappa shape index (κ3) is 2.08. The number of hydrogen-bond acceptors (Lipinski definition) is 3. The van der Waals surface area contributed by atoms with Crippen molar-refractivity contribution in [3.05, 3.63) is 17.7 Å². The van der Waals surface area contributed by atoms with Crippen LogP contribution in [0.15, 0.2) is 12.1 Å². The van der Waals surface area contributed by atoms with E-state index in [0.717, 1.165) is 20.3 Å². The second kappa shape index (κ2) is 3.88. The highest BCUT2D eigenvalue weighted by Gasteiger charge is 2.39. The van der Waals surface area contributed by atoms with Crippen LogP contribution >= 0.6 is 0 Å². The van der Waals surface area contributed by atoms with Gasteiger partial charge in [0.05, 0.1) is 19.9 Å². The van der Waals surface area contributed by atoms with E-state index in [0.29, 0.717) is 0 Å². The van der Waals surface area contributed by atoms with Crippen LogP contribution in [0.5, 0.6) is 11.5 Å². The molecule has 0 amide bonds. The predicted octanol–water partition coefficient (Wildman–Crippen LogP) is 2.30. The van der Waals surface area contributed by atoms with Crippen molar-refractivity contribution in [1.82, 2.24) is 0 Å². The smallest absolute Gasteiger partial charge is 0.423 e. The second-order valence-electron chi connectivity index (χ2n) is 2.76. The van der Waals surface area contributed by atoms with E-state index in [9.17, 15) is 13.2 Å². The van der Waals surface area contributed by atoms with E-state index in [1.807, 2.05) is 0 Å². The predicted molar refractivity (Wildman–Crippen MR) is 49.0 cm³/mol. The fourth-order valence-corrected chi connectivity index (χ4v) is 1.24. The van der Waals surface area contributed by atoms with E-state index in [-0.39, 0.29) is 11.4 Å². The Bertz CT molecular complexity index is 363. The van der Waals surface area contributed by atoms with Crippen molar-refractivity contribution >= 4 is 5.69 Å².